The monoisotopic (exact) mass is 956 g/mol. The van der Waals surface area contributed by atoms with Crippen molar-refractivity contribution in [3.05, 3.63) is 36.5 Å². The van der Waals surface area contributed by atoms with Gasteiger partial charge >= 0.3 is 5.97 Å². The Morgan fingerprint density at radius 1 is 0.412 bits per heavy atom. The molecule has 0 bridgehead atoms. The van der Waals surface area contributed by atoms with E-state index in [4.69, 9.17) is 4.74 Å². The number of amides is 1. The molecule has 0 aliphatic heterocycles. The van der Waals surface area contributed by atoms with Gasteiger partial charge in [-0.05, 0) is 64.2 Å². The average Bonchev–Trinajstić information content (AvgIpc) is 3.34. The van der Waals surface area contributed by atoms with Crippen LogP contribution < -0.4 is 5.32 Å². The number of esters is 1. The molecule has 0 radical (unpaired) electrons. The Morgan fingerprint density at radius 3 is 1.15 bits per heavy atom. The molecule has 3 N–H and O–H groups in total. The number of ether oxygens (including phenoxy) is 1. The van der Waals surface area contributed by atoms with Gasteiger partial charge in [0.25, 0.3) is 0 Å². The molecular weight excluding hydrogens is 839 g/mol. The SMILES string of the molecule is CCCCC/C=C\C/C=C\CCCCCCCCCCCC(=O)OCCCCCCCCCCCCCCCCCCCCCCC(=O)NC(CO)C(O)/C=C/CCCCCCCCCCCC. The minimum absolute atomic E-state index is 0.00604. The summed E-state index contributed by atoms with van der Waals surface area (Å²) in [7, 11) is 0. The van der Waals surface area contributed by atoms with Crippen LogP contribution in [0.5, 0.6) is 0 Å². The van der Waals surface area contributed by atoms with Crippen LogP contribution >= 0.6 is 0 Å². The maximum atomic E-state index is 12.4. The molecule has 400 valence electrons. The highest BCUT2D eigenvalue weighted by molar-refractivity contribution is 5.76. The molecule has 1 amide bonds. The van der Waals surface area contributed by atoms with Gasteiger partial charge in [0.1, 0.15) is 0 Å². The van der Waals surface area contributed by atoms with Crippen LogP contribution in [0.25, 0.3) is 0 Å². The second-order valence-corrected chi connectivity index (χ2v) is 20.7. The van der Waals surface area contributed by atoms with Gasteiger partial charge in [-0.2, -0.15) is 0 Å². The van der Waals surface area contributed by atoms with Gasteiger partial charge in [0.2, 0.25) is 5.91 Å². The van der Waals surface area contributed by atoms with Crippen molar-refractivity contribution in [2.75, 3.05) is 13.2 Å². The summed E-state index contributed by atoms with van der Waals surface area (Å²) >= 11 is 0. The van der Waals surface area contributed by atoms with E-state index in [0.717, 1.165) is 51.4 Å². The molecule has 6 heteroatoms. The Bertz CT molecular complexity index is 1100. The van der Waals surface area contributed by atoms with Crippen LogP contribution in [-0.2, 0) is 14.3 Å². The summed E-state index contributed by atoms with van der Waals surface area (Å²) in [4.78, 5) is 24.5. The summed E-state index contributed by atoms with van der Waals surface area (Å²) in [5.74, 6) is -0.0642. The molecule has 0 aliphatic carbocycles. The third kappa shape index (κ3) is 53.4. The van der Waals surface area contributed by atoms with Crippen LogP contribution in [0.2, 0.25) is 0 Å². The minimum Gasteiger partial charge on any atom is -0.466 e. The summed E-state index contributed by atoms with van der Waals surface area (Å²) < 4.78 is 5.49. The topological polar surface area (TPSA) is 95.9 Å². The summed E-state index contributed by atoms with van der Waals surface area (Å²) in [5, 5.41) is 23.0. The zero-order chi connectivity index (χ0) is 49.3. The standard InChI is InChI=1S/C62H117NO5/c1-3-5-7-9-11-13-15-17-18-19-22-26-29-32-36-40-44-48-52-56-62(67)68-57-53-49-45-41-37-33-30-27-24-21-20-23-25-28-31-35-39-43-47-51-55-61(66)63-59(58-64)60(65)54-50-46-42-38-34-16-14-12-10-8-6-4-2/h11,13,17-18,50,54,59-60,64-65H,3-10,12,14-16,19-49,51-53,55-58H2,1-2H3,(H,63,66)/b13-11-,18-17-,54-50+. The number of rotatable bonds is 56. The largest absolute Gasteiger partial charge is 0.466 e. The van der Waals surface area contributed by atoms with Crippen molar-refractivity contribution in [1.29, 1.82) is 0 Å². The molecule has 0 spiro atoms. The van der Waals surface area contributed by atoms with Crippen molar-refractivity contribution in [3.8, 4) is 0 Å². The molecule has 0 heterocycles. The predicted molar refractivity (Wildman–Crippen MR) is 296 cm³/mol. The van der Waals surface area contributed by atoms with Crippen molar-refractivity contribution < 1.29 is 24.5 Å². The zero-order valence-corrected chi connectivity index (χ0v) is 45.6. The Labute approximate surface area is 424 Å². The predicted octanol–water partition coefficient (Wildman–Crippen LogP) is 18.8. The van der Waals surface area contributed by atoms with Crippen LogP contribution in [0, 0.1) is 0 Å². The second-order valence-electron chi connectivity index (χ2n) is 20.7. The van der Waals surface area contributed by atoms with Crippen LogP contribution in [0.4, 0.5) is 0 Å². The van der Waals surface area contributed by atoms with Gasteiger partial charge < -0.3 is 20.3 Å². The highest BCUT2D eigenvalue weighted by Gasteiger charge is 2.18. The summed E-state index contributed by atoms with van der Waals surface area (Å²) in [6.07, 6.45) is 71.8. The van der Waals surface area contributed by atoms with Gasteiger partial charge in [0.15, 0.2) is 0 Å². The highest BCUT2D eigenvalue weighted by atomic mass is 16.5. The quantitative estimate of drug-likeness (QED) is 0.0321. The van der Waals surface area contributed by atoms with E-state index in [2.05, 4.69) is 43.5 Å². The van der Waals surface area contributed by atoms with Gasteiger partial charge in [-0.3, -0.25) is 9.59 Å². The molecule has 68 heavy (non-hydrogen) atoms. The lowest BCUT2D eigenvalue weighted by molar-refractivity contribution is -0.143. The highest BCUT2D eigenvalue weighted by Crippen LogP contribution is 2.17. The number of hydrogen-bond donors (Lipinski definition) is 3. The number of allylic oxidation sites excluding steroid dienone is 5. The van der Waals surface area contributed by atoms with Crippen LogP contribution in [0.1, 0.15) is 322 Å². The molecule has 0 rings (SSSR count). The van der Waals surface area contributed by atoms with Crippen molar-refractivity contribution in [2.45, 2.75) is 334 Å². The number of carbonyl (C=O) groups excluding carboxylic acids is 2. The Hall–Kier alpha value is -1.92. The normalized spacial score (nSPS) is 12.8. The van der Waals surface area contributed by atoms with Crippen molar-refractivity contribution in [3.63, 3.8) is 0 Å². The first-order valence-corrected chi connectivity index (χ1v) is 30.3. The number of hydrogen-bond acceptors (Lipinski definition) is 5. The molecule has 2 atom stereocenters. The van der Waals surface area contributed by atoms with Gasteiger partial charge in [-0.25, -0.2) is 0 Å². The van der Waals surface area contributed by atoms with E-state index >= 15 is 0 Å². The van der Waals surface area contributed by atoms with E-state index in [0.29, 0.717) is 19.4 Å². The fourth-order valence-corrected chi connectivity index (χ4v) is 9.25. The smallest absolute Gasteiger partial charge is 0.305 e. The van der Waals surface area contributed by atoms with E-state index in [-0.39, 0.29) is 18.5 Å². The number of carbonyl (C=O) groups is 2. The van der Waals surface area contributed by atoms with Gasteiger partial charge in [-0.1, -0.05) is 281 Å². The minimum atomic E-state index is -0.845. The zero-order valence-electron chi connectivity index (χ0n) is 45.6. The van der Waals surface area contributed by atoms with E-state index in [1.807, 2.05) is 6.08 Å². The molecule has 0 aromatic rings. The fraction of sp³-hybridized carbons (Fsp3) is 0.871. The third-order valence-electron chi connectivity index (χ3n) is 13.9. The van der Waals surface area contributed by atoms with Crippen molar-refractivity contribution in [1.82, 2.24) is 5.32 Å². The maximum Gasteiger partial charge on any atom is 0.305 e. The third-order valence-corrected chi connectivity index (χ3v) is 13.9. The first-order chi connectivity index (χ1) is 33.5. The number of unbranched alkanes of at least 4 members (excludes halogenated alkanes) is 41. The van der Waals surface area contributed by atoms with Gasteiger partial charge in [0, 0.05) is 12.8 Å². The Morgan fingerprint density at radius 2 is 0.735 bits per heavy atom. The molecular formula is C62H117NO5. The Kier molecular flexibility index (Phi) is 56.0. The fourth-order valence-electron chi connectivity index (χ4n) is 9.25. The van der Waals surface area contributed by atoms with Crippen molar-refractivity contribution in [2.24, 2.45) is 0 Å². The van der Waals surface area contributed by atoms with Crippen LogP contribution in [-0.4, -0.2) is 47.4 Å². The lowest BCUT2D eigenvalue weighted by atomic mass is 10.0. The lowest BCUT2D eigenvalue weighted by Gasteiger charge is -2.20. The molecule has 2 unspecified atom stereocenters. The van der Waals surface area contributed by atoms with E-state index in [1.54, 1.807) is 6.08 Å². The van der Waals surface area contributed by atoms with E-state index in [1.165, 1.54) is 244 Å². The van der Waals surface area contributed by atoms with E-state index in [9.17, 15) is 19.8 Å². The van der Waals surface area contributed by atoms with Crippen molar-refractivity contribution >= 4 is 11.9 Å². The number of aliphatic hydroxyl groups excluding tert-OH is 2. The van der Waals surface area contributed by atoms with E-state index < -0.39 is 12.1 Å². The molecule has 0 aliphatic rings. The molecule has 0 aromatic carbocycles. The first-order valence-electron chi connectivity index (χ1n) is 30.3. The van der Waals surface area contributed by atoms with Gasteiger partial charge in [-0.15, -0.1) is 0 Å². The molecule has 0 saturated carbocycles. The maximum absolute atomic E-state index is 12.4. The average molecular weight is 957 g/mol. The molecule has 6 nitrogen and oxygen atoms in total. The summed E-state index contributed by atoms with van der Waals surface area (Å²) in [6.45, 7) is 4.87. The lowest BCUT2D eigenvalue weighted by Crippen LogP contribution is -2.45. The Balaban J connectivity index is 3.39. The van der Waals surface area contributed by atoms with Crippen LogP contribution in [0.15, 0.2) is 36.5 Å². The molecule has 0 fully saturated rings. The second kappa shape index (κ2) is 57.7. The number of aliphatic hydroxyl groups is 2. The molecule has 0 aromatic heterocycles. The molecule has 0 saturated heterocycles. The first kappa shape index (κ1) is 66.1. The van der Waals surface area contributed by atoms with Gasteiger partial charge in [0.05, 0.1) is 25.4 Å². The number of nitrogens with one attached hydrogen (secondary N) is 1. The summed E-state index contributed by atoms with van der Waals surface area (Å²) in [5.41, 5.74) is 0. The summed E-state index contributed by atoms with van der Waals surface area (Å²) in [6, 6.07) is -0.628. The van der Waals surface area contributed by atoms with Crippen LogP contribution in [0.3, 0.4) is 0 Å².